The van der Waals surface area contributed by atoms with E-state index in [0.717, 1.165) is 5.52 Å². The first kappa shape index (κ1) is 16.6. The van der Waals surface area contributed by atoms with Crippen LogP contribution >= 0.6 is 0 Å². The molecule has 0 atom stereocenters. The van der Waals surface area contributed by atoms with Crippen LogP contribution in [-0.4, -0.2) is 29.1 Å². The Kier molecular flexibility index (Phi) is 4.70. The maximum Gasteiger partial charge on any atom is 0.375 e. The highest BCUT2D eigenvalue weighted by Gasteiger charge is 2.20. The number of ketones is 2. The molecule has 0 bridgehead atoms. The molecule has 0 saturated carbocycles. The van der Waals surface area contributed by atoms with Gasteiger partial charge in [0.1, 0.15) is 5.52 Å². The van der Waals surface area contributed by atoms with Gasteiger partial charge < -0.3 is 9.15 Å². The van der Waals surface area contributed by atoms with Gasteiger partial charge in [0.05, 0.1) is 13.0 Å². The number of rotatable bonds is 6. The minimum absolute atomic E-state index is 0.0952. The van der Waals surface area contributed by atoms with Gasteiger partial charge in [0.25, 0.3) is 0 Å². The van der Waals surface area contributed by atoms with Gasteiger partial charge >= 0.3 is 5.97 Å². The third-order valence-corrected chi connectivity index (χ3v) is 3.57. The first-order chi connectivity index (χ1) is 12.1. The summed E-state index contributed by atoms with van der Waals surface area (Å²) in [4.78, 5) is 39.3. The van der Waals surface area contributed by atoms with Crippen molar-refractivity contribution in [1.82, 2.24) is 4.98 Å². The van der Waals surface area contributed by atoms with Crippen LogP contribution < -0.4 is 0 Å². The second kappa shape index (κ2) is 7.09. The fraction of sp³-hybridized carbons (Fsp3) is 0.158. The van der Waals surface area contributed by atoms with Crippen molar-refractivity contribution in [3.63, 3.8) is 0 Å². The van der Waals surface area contributed by atoms with Crippen molar-refractivity contribution in [2.24, 2.45) is 0 Å². The lowest BCUT2D eigenvalue weighted by atomic mass is 10.0. The summed E-state index contributed by atoms with van der Waals surface area (Å²) in [6.07, 6.45) is -0.513. The number of fused-ring (bicyclic) bond motifs is 1. The number of hydrogen-bond acceptors (Lipinski definition) is 6. The van der Waals surface area contributed by atoms with E-state index in [0.29, 0.717) is 22.6 Å². The number of esters is 1. The third kappa shape index (κ3) is 3.63. The predicted octanol–water partition coefficient (Wildman–Crippen LogP) is 3.20. The standard InChI is InChI=1S/C19H15NO5/c1-2-24-19(23)16(22)11-15(21)12-7-9-13(10-8-12)18-20-14-5-3-4-6-17(14)25-18/h3-10H,2,11H2,1H3. The molecule has 0 aliphatic rings. The quantitative estimate of drug-likeness (QED) is 0.297. The Hall–Kier alpha value is -3.28. The van der Waals surface area contributed by atoms with Crippen molar-refractivity contribution < 1.29 is 23.5 Å². The molecule has 0 spiro atoms. The molecule has 0 aliphatic heterocycles. The Balaban J connectivity index is 1.74. The first-order valence-electron chi connectivity index (χ1n) is 7.77. The van der Waals surface area contributed by atoms with Crippen LogP contribution in [0, 0.1) is 0 Å². The third-order valence-electron chi connectivity index (χ3n) is 3.57. The van der Waals surface area contributed by atoms with Crippen LogP contribution in [0.2, 0.25) is 0 Å². The number of para-hydroxylation sites is 2. The molecule has 1 aromatic heterocycles. The van der Waals surface area contributed by atoms with E-state index in [2.05, 4.69) is 9.72 Å². The summed E-state index contributed by atoms with van der Waals surface area (Å²) in [5.41, 5.74) is 2.47. The highest BCUT2D eigenvalue weighted by Crippen LogP contribution is 2.24. The fourth-order valence-corrected chi connectivity index (χ4v) is 2.33. The molecule has 0 N–H and O–H groups in total. The molecule has 0 unspecified atom stereocenters. The SMILES string of the molecule is CCOC(=O)C(=O)CC(=O)c1ccc(-c2nc3ccccc3o2)cc1. The summed E-state index contributed by atoms with van der Waals surface area (Å²) < 4.78 is 10.3. The van der Waals surface area contributed by atoms with Gasteiger partial charge in [-0.3, -0.25) is 9.59 Å². The van der Waals surface area contributed by atoms with Crippen molar-refractivity contribution >= 4 is 28.6 Å². The Morgan fingerprint density at radius 3 is 2.44 bits per heavy atom. The highest BCUT2D eigenvalue weighted by atomic mass is 16.5. The van der Waals surface area contributed by atoms with Gasteiger partial charge in [-0.15, -0.1) is 0 Å². The van der Waals surface area contributed by atoms with Crippen LogP contribution in [0.1, 0.15) is 23.7 Å². The monoisotopic (exact) mass is 337 g/mol. The van der Waals surface area contributed by atoms with E-state index < -0.39 is 24.0 Å². The second-order valence-corrected chi connectivity index (χ2v) is 5.31. The van der Waals surface area contributed by atoms with Gasteiger partial charge in [0.15, 0.2) is 11.4 Å². The van der Waals surface area contributed by atoms with Crippen LogP contribution in [0.15, 0.2) is 52.9 Å². The van der Waals surface area contributed by atoms with Crippen molar-refractivity contribution in [3.8, 4) is 11.5 Å². The lowest BCUT2D eigenvalue weighted by Crippen LogP contribution is -2.20. The summed E-state index contributed by atoms with van der Waals surface area (Å²) in [6, 6.07) is 13.9. The molecule has 3 rings (SSSR count). The van der Waals surface area contributed by atoms with Crippen LogP contribution in [0.4, 0.5) is 0 Å². The number of benzene rings is 2. The van der Waals surface area contributed by atoms with Crippen molar-refractivity contribution in [3.05, 3.63) is 54.1 Å². The van der Waals surface area contributed by atoms with Gasteiger partial charge in [-0.05, 0) is 31.2 Å². The van der Waals surface area contributed by atoms with E-state index in [1.807, 2.05) is 24.3 Å². The lowest BCUT2D eigenvalue weighted by molar-refractivity contribution is -0.153. The first-order valence-corrected chi connectivity index (χ1v) is 7.77. The number of carbonyl (C=O) groups is 3. The zero-order chi connectivity index (χ0) is 17.8. The van der Waals surface area contributed by atoms with Crippen molar-refractivity contribution in [1.29, 1.82) is 0 Å². The van der Waals surface area contributed by atoms with E-state index in [1.54, 1.807) is 31.2 Å². The topological polar surface area (TPSA) is 86.5 Å². The van der Waals surface area contributed by atoms with Gasteiger partial charge in [-0.25, -0.2) is 9.78 Å². The number of ether oxygens (including phenoxy) is 1. The zero-order valence-corrected chi connectivity index (χ0v) is 13.5. The summed E-state index contributed by atoms with van der Waals surface area (Å²) >= 11 is 0. The Morgan fingerprint density at radius 2 is 1.76 bits per heavy atom. The fourth-order valence-electron chi connectivity index (χ4n) is 2.33. The molecule has 3 aromatic rings. The smallest absolute Gasteiger partial charge is 0.375 e. The lowest BCUT2D eigenvalue weighted by Gasteiger charge is -2.02. The van der Waals surface area contributed by atoms with E-state index >= 15 is 0 Å². The zero-order valence-electron chi connectivity index (χ0n) is 13.5. The van der Waals surface area contributed by atoms with E-state index in [9.17, 15) is 14.4 Å². The molecular weight excluding hydrogens is 322 g/mol. The molecule has 126 valence electrons. The average molecular weight is 337 g/mol. The maximum atomic E-state index is 12.1. The van der Waals surface area contributed by atoms with Gasteiger partial charge in [-0.1, -0.05) is 24.3 Å². The van der Waals surface area contributed by atoms with Gasteiger partial charge in [0, 0.05) is 11.1 Å². The van der Waals surface area contributed by atoms with E-state index in [-0.39, 0.29) is 6.61 Å². The minimum atomic E-state index is -0.987. The van der Waals surface area contributed by atoms with Gasteiger partial charge in [-0.2, -0.15) is 0 Å². The van der Waals surface area contributed by atoms with Crippen LogP contribution in [0.5, 0.6) is 0 Å². The molecule has 2 aromatic carbocycles. The molecule has 0 fully saturated rings. The molecule has 6 heteroatoms. The second-order valence-electron chi connectivity index (χ2n) is 5.31. The Bertz CT molecular complexity index is 907. The van der Waals surface area contributed by atoms with Crippen LogP contribution in [-0.2, 0) is 14.3 Å². The summed E-state index contributed by atoms with van der Waals surface area (Å²) in [6.45, 7) is 1.69. The molecule has 0 amide bonds. The van der Waals surface area contributed by atoms with Crippen molar-refractivity contribution in [2.75, 3.05) is 6.61 Å². The number of aromatic nitrogens is 1. The molecule has 0 aliphatic carbocycles. The highest BCUT2D eigenvalue weighted by molar-refractivity contribution is 6.38. The Labute approximate surface area is 143 Å². The molecule has 6 nitrogen and oxygen atoms in total. The summed E-state index contributed by atoms with van der Waals surface area (Å²) in [7, 11) is 0. The number of hydrogen-bond donors (Lipinski definition) is 0. The van der Waals surface area contributed by atoms with E-state index in [1.165, 1.54) is 0 Å². The number of oxazole rings is 1. The normalized spacial score (nSPS) is 10.6. The minimum Gasteiger partial charge on any atom is -0.460 e. The summed E-state index contributed by atoms with van der Waals surface area (Å²) in [5, 5.41) is 0. The largest absolute Gasteiger partial charge is 0.460 e. The molecule has 1 heterocycles. The van der Waals surface area contributed by atoms with Crippen molar-refractivity contribution in [2.45, 2.75) is 13.3 Å². The number of carbonyl (C=O) groups excluding carboxylic acids is 3. The maximum absolute atomic E-state index is 12.1. The molecule has 0 saturated heterocycles. The van der Waals surface area contributed by atoms with Crippen LogP contribution in [0.25, 0.3) is 22.6 Å². The van der Waals surface area contributed by atoms with Gasteiger partial charge in [0.2, 0.25) is 11.7 Å². The van der Waals surface area contributed by atoms with Crippen LogP contribution in [0.3, 0.4) is 0 Å². The predicted molar refractivity (Wildman–Crippen MR) is 90.0 cm³/mol. The number of nitrogens with zero attached hydrogens (tertiary/aromatic N) is 1. The van der Waals surface area contributed by atoms with E-state index in [4.69, 9.17) is 4.42 Å². The molecular formula is C19H15NO5. The number of Topliss-reactive ketones (excluding diaryl/α,β-unsaturated/α-hetero) is 2. The molecule has 0 radical (unpaired) electrons. The molecule has 25 heavy (non-hydrogen) atoms. The summed E-state index contributed by atoms with van der Waals surface area (Å²) in [5.74, 6) is -1.83. The Morgan fingerprint density at radius 1 is 1.04 bits per heavy atom. The average Bonchev–Trinajstić information content (AvgIpc) is 3.06.